The number of aromatic nitrogens is 3. The minimum Gasteiger partial charge on any atom is -0.508 e. The standard InChI is InChI=1S/C20H17N3OS/c1-2-3-17-8-15(12-25-17)14-9-18-19(21-10-14)11-22-20(23-18)13-4-6-16(24)7-5-13/h4-12,24H,2-3H2,1H3. The number of phenols is 1. The molecule has 1 N–H and O–H groups in total. The zero-order valence-electron chi connectivity index (χ0n) is 13.8. The highest BCUT2D eigenvalue weighted by molar-refractivity contribution is 7.10. The summed E-state index contributed by atoms with van der Waals surface area (Å²) in [7, 11) is 0. The van der Waals surface area contributed by atoms with E-state index in [1.165, 1.54) is 10.4 Å². The van der Waals surface area contributed by atoms with E-state index >= 15 is 0 Å². The molecule has 3 aromatic heterocycles. The van der Waals surface area contributed by atoms with E-state index in [0.717, 1.165) is 35.0 Å². The molecule has 0 aliphatic rings. The van der Waals surface area contributed by atoms with Crippen molar-refractivity contribution >= 4 is 22.4 Å². The Morgan fingerprint density at radius 1 is 0.920 bits per heavy atom. The number of nitrogens with zero attached hydrogens (tertiary/aromatic N) is 3. The molecule has 0 bridgehead atoms. The number of hydrogen-bond donors (Lipinski definition) is 1. The summed E-state index contributed by atoms with van der Waals surface area (Å²) in [4.78, 5) is 14.9. The van der Waals surface area contributed by atoms with Gasteiger partial charge in [-0.1, -0.05) is 13.3 Å². The molecule has 4 aromatic rings. The van der Waals surface area contributed by atoms with Crippen LogP contribution in [0.2, 0.25) is 0 Å². The Kier molecular flexibility index (Phi) is 4.15. The summed E-state index contributed by atoms with van der Waals surface area (Å²) in [5.41, 5.74) is 4.72. The number of phenolic OH excluding ortho intramolecular Hbond substituents is 1. The number of aryl methyl sites for hydroxylation is 1. The predicted molar refractivity (Wildman–Crippen MR) is 102 cm³/mol. The average Bonchev–Trinajstić information content (AvgIpc) is 3.10. The first-order valence-electron chi connectivity index (χ1n) is 8.23. The summed E-state index contributed by atoms with van der Waals surface area (Å²) in [5.74, 6) is 0.859. The molecule has 0 radical (unpaired) electrons. The molecule has 4 nitrogen and oxygen atoms in total. The van der Waals surface area contributed by atoms with E-state index in [9.17, 15) is 5.11 Å². The quantitative estimate of drug-likeness (QED) is 0.559. The van der Waals surface area contributed by atoms with E-state index < -0.39 is 0 Å². The van der Waals surface area contributed by atoms with Crippen molar-refractivity contribution in [3.8, 4) is 28.3 Å². The topological polar surface area (TPSA) is 58.9 Å². The smallest absolute Gasteiger partial charge is 0.159 e. The van der Waals surface area contributed by atoms with Crippen LogP contribution < -0.4 is 0 Å². The summed E-state index contributed by atoms with van der Waals surface area (Å²) < 4.78 is 0. The first-order chi connectivity index (χ1) is 12.2. The van der Waals surface area contributed by atoms with Crippen LogP contribution in [0.25, 0.3) is 33.5 Å². The highest BCUT2D eigenvalue weighted by Gasteiger charge is 2.08. The number of pyridine rings is 1. The number of fused-ring (bicyclic) bond motifs is 1. The van der Waals surface area contributed by atoms with Gasteiger partial charge in [-0.25, -0.2) is 9.97 Å². The number of aromatic hydroxyl groups is 1. The maximum Gasteiger partial charge on any atom is 0.159 e. The van der Waals surface area contributed by atoms with Crippen molar-refractivity contribution in [2.24, 2.45) is 0 Å². The van der Waals surface area contributed by atoms with Crippen LogP contribution in [0.4, 0.5) is 0 Å². The zero-order chi connectivity index (χ0) is 17.2. The zero-order valence-corrected chi connectivity index (χ0v) is 14.6. The van der Waals surface area contributed by atoms with Crippen molar-refractivity contribution in [2.75, 3.05) is 0 Å². The Hall–Kier alpha value is -2.79. The van der Waals surface area contributed by atoms with Crippen LogP contribution in [0.3, 0.4) is 0 Å². The summed E-state index contributed by atoms with van der Waals surface area (Å²) >= 11 is 1.79. The van der Waals surface area contributed by atoms with Crippen molar-refractivity contribution in [1.82, 2.24) is 15.0 Å². The lowest BCUT2D eigenvalue weighted by atomic mass is 10.1. The molecule has 124 valence electrons. The van der Waals surface area contributed by atoms with Gasteiger partial charge in [0.25, 0.3) is 0 Å². The van der Waals surface area contributed by atoms with Crippen LogP contribution in [0.1, 0.15) is 18.2 Å². The fourth-order valence-electron chi connectivity index (χ4n) is 2.73. The molecule has 0 amide bonds. The molecule has 1 aromatic carbocycles. The van der Waals surface area contributed by atoms with Crippen LogP contribution in [0.5, 0.6) is 5.75 Å². The van der Waals surface area contributed by atoms with Gasteiger partial charge >= 0.3 is 0 Å². The van der Waals surface area contributed by atoms with Crippen LogP contribution in [0, 0.1) is 0 Å². The Morgan fingerprint density at radius 3 is 2.56 bits per heavy atom. The fraction of sp³-hybridized carbons (Fsp3) is 0.150. The molecular formula is C20H17N3OS. The van der Waals surface area contributed by atoms with Crippen molar-refractivity contribution in [3.63, 3.8) is 0 Å². The van der Waals surface area contributed by atoms with Gasteiger partial charge in [-0.3, -0.25) is 4.98 Å². The number of benzene rings is 1. The van der Waals surface area contributed by atoms with Crippen molar-refractivity contribution in [1.29, 1.82) is 0 Å². The Labute approximate surface area is 149 Å². The molecule has 5 heteroatoms. The maximum absolute atomic E-state index is 9.43. The lowest BCUT2D eigenvalue weighted by molar-refractivity contribution is 0.475. The van der Waals surface area contributed by atoms with E-state index in [4.69, 9.17) is 0 Å². The summed E-state index contributed by atoms with van der Waals surface area (Å²) in [6.45, 7) is 2.19. The number of thiophene rings is 1. The lowest BCUT2D eigenvalue weighted by Gasteiger charge is -2.04. The van der Waals surface area contributed by atoms with Gasteiger partial charge in [0.05, 0.1) is 11.7 Å². The molecule has 3 heterocycles. The molecule has 0 atom stereocenters. The first-order valence-corrected chi connectivity index (χ1v) is 9.11. The molecule has 0 spiro atoms. The van der Waals surface area contributed by atoms with Gasteiger partial charge in [0.1, 0.15) is 11.3 Å². The maximum atomic E-state index is 9.43. The second kappa shape index (κ2) is 6.61. The molecule has 0 unspecified atom stereocenters. The molecule has 0 fully saturated rings. The highest BCUT2D eigenvalue weighted by atomic mass is 32.1. The van der Waals surface area contributed by atoms with Crippen molar-refractivity contribution < 1.29 is 5.11 Å². The lowest BCUT2D eigenvalue weighted by Crippen LogP contribution is -1.92. The van der Waals surface area contributed by atoms with Crippen LogP contribution in [-0.2, 0) is 6.42 Å². The van der Waals surface area contributed by atoms with Crippen molar-refractivity contribution in [3.05, 3.63) is 59.0 Å². The Bertz CT molecular complexity index is 1020. The number of hydrogen-bond acceptors (Lipinski definition) is 5. The molecular weight excluding hydrogens is 330 g/mol. The third kappa shape index (κ3) is 3.23. The minimum absolute atomic E-state index is 0.230. The van der Waals surface area contributed by atoms with Gasteiger partial charge in [0.2, 0.25) is 0 Å². The first kappa shape index (κ1) is 15.7. The second-order valence-electron chi connectivity index (χ2n) is 5.92. The Balaban J connectivity index is 1.74. The van der Waals surface area contributed by atoms with E-state index in [0.29, 0.717) is 5.82 Å². The molecule has 0 aliphatic carbocycles. The van der Waals surface area contributed by atoms with Crippen LogP contribution in [0.15, 0.2) is 54.2 Å². The number of rotatable bonds is 4. The van der Waals surface area contributed by atoms with Crippen molar-refractivity contribution in [2.45, 2.75) is 19.8 Å². The minimum atomic E-state index is 0.230. The molecule has 25 heavy (non-hydrogen) atoms. The van der Waals surface area contributed by atoms with Gasteiger partial charge in [-0.2, -0.15) is 0 Å². The van der Waals surface area contributed by atoms with Gasteiger partial charge < -0.3 is 5.11 Å². The molecule has 4 rings (SSSR count). The summed E-state index contributed by atoms with van der Waals surface area (Å²) in [6, 6.07) is 11.2. The van der Waals surface area contributed by atoms with Crippen LogP contribution in [-0.4, -0.2) is 20.1 Å². The van der Waals surface area contributed by atoms with E-state index in [1.807, 2.05) is 18.3 Å². The van der Waals surface area contributed by atoms with E-state index in [2.05, 4.69) is 39.4 Å². The molecule has 0 saturated heterocycles. The van der Waals surface area contributed by atoms with Gasteiger partial charge in [-0.05, 0) is 53.8 Å². The second-order valence-corrected chi connectivity index (χ2v) is 6.92. The fourth-order valence-corrected chi connectivity index (χ4v) is 3.73. The SMILES string of the molecule is CCCc1cc(-c2cnc3cnc(-c4ccc(O)cc4)nc3c2)cs1. The van der Waals surface area contributed by atoms with Gasteiger partial charge in [0, 0.05) is 22.2 Å². The van der Waals surface area contributed by atoms with Gasteiger partial charge in [-0.15, -0.1) is 11.3 Å². The third-order valence-electron chi connectivity index (χ3n) is 4.04. The van der Waals surface area contributed by atoms with Crippen LogP contribution >= 0.6 is 11.3 Å². The summed E-state index contributed by atoms with van der Waals surface area (Å²) in [6.07, 6.45) is 5.88. The monoisotopic (exact) mass is 347 g/mol. The molecule has 0 aliphatic heterocycles. The third-order valence-corrected chi connectivity index (χ3v) is 5.04. The van der Waals surface area contributed by atoms with E-state index in [-0.39, 0.29) is 5.75 Å². The normalized spacial score (nSPS) is 11.1. The average molecular weight is 347 g/mol. The summed E-state index contributed by atoms with van der Waals surface area (Å²) in [5, 5.41) is 11.6. The highest BCUT2D eigenvalue weighted by Crippen LogP contribution is 2.28. The predicted octanol–water partition coefficient (Wildman–Crippen LogP) is 5.08. The Morgan fingerprint density at radius 2 is 1.76 bits per heavy atom. The molecule has 0 saturated carbocycles. The van der Waals surface area contributed by atoms with Gasteiger partial charge in [0.15, 0.2) is 5.82 Å². The largest absolute Gasteiger partial charge is 0.508 e. The van der Waals surface area contributed by atoms with E-state index in [1.54, 1.807) is 29.7 Å².